The molecule has 1 heterocycles. The first-order chi connectivity index (χ1) is 8.93. The van der Waals surface area contributed by atoms with Crippen molar-refractivity contribution in [2.24, 2.45) is 0 Å². The molecule has 0 aliphatic heterocycles. The van der Waals surface area contributed by atoms with Crippen molar-refractivity contribution in [3.63, 3.8) is 0 Å². The molecule has 0 saturated heterocycles. The second kappa shape index (κ2) is 5.61. The van der Waals surface area contributed by atoms with Gasteiger partial charge in [-0.1, -0.05) is 20.8 Å². The molecule has 0 saturated carbocycles. The number of hydrogen-bond donors (Lipinski definition) is 2. The molecule has 0 fully saturated rings. The third kappa shape index (κ3) is 4.11. The largest absolute Gasteiger partial charge is 0.489 e. The van der Waals surface area contributed by atoms with Gasteiger partial charge in [-0.3, -0.25) is 0 Å². The topological polar surface area (TPSA) is 66.8 Å². The third-order valence-electron chi connectivity index (χ3n) is 2.41. The number of aliphatic hydroxyl groups is 1. The summed E-state index contributed by atoms with van der Waals surface area (Å²) in [7, 11) is 0. The van der Waals surface area contributed by atoms with Crippen molar-refractivity contribution >= 4 is 17.3 Å². The van der Waals surface area contributed by atoms with Crippen molar-refractivity contribution in [1.82, 2.24) is 0 Å². The maximum absolute atomic E-state index is 12.2. The van der Waals surface area contributed by atoms with Crippen LogP contribution in [0.1, 0.15) is 35.3 Å². The molecule has 2 N–H and O–H groups in total. The first-order valence-corrected chi connectivity index (χ1v) is 6.49. The van der Waals surface area contributed by atoms with Crippen LogP contribution in [-0.4, -0.2) is 35.1 Å². The van der Waals surface area contributed by atoms with Gasteiger partial charge in [0.1, 0.15) is 12.4 Å². The van der Waals surface area contributed by atoms with Crippen molar-refractivity contribution in [1.29, 1.82) is 0 Å². The van der Waals surface area contributed by atoms with Gasteiger partial charge >= 0.3 is 12.1 Å². The Hall–Kier alpha value is -1.28. The van der Waals surface area contributed by atoms with Crippen LogP contribution in [0.5, 0.6) is 5.75 Å². The van der Waals surface area contributed by atoms with E-state index < -0.39 is 24.9 Å². The minimum absolute atomic E-state index is 0.157. The fourth-order valence-electron chi connectivity index (χ4n) is 1.26. The van der Waals surface area contributed by atoms with Crippen molar-refractivity contribution in [2.75, 3.05) is 6.61 Å². The van der Waals surface area contributed by atoms with Gasteiger partial charge in [-0.05, 0) is 11.5 Å². The quantitative estimate of drug-likeness (QED) is 0.897. The fourth-order valence-corrected chi connectivity index (χ4v) is 2.26. The summed E-state index contributed by atoms with van der Waals surface area (Å²) < 4.78 is 41.3. The summed E-state index contributed by atoms with van der Waals surface area (Å²) >= 11 is 0.946. The molecule has 1 rings (SSSR count). The summed E-state index contributed by atoms with van der Waals surface area (Å²) in [5, 5.41) is 17.9. The summed E-state index contributed by atoms with van der Waals surface area (Å²) in [5.41, 5.74) is -0.348. The van der Waals surface area contributed by atoms with E-state index in [0.717, 1.165) is 11.3 Å². The molecule has 0 amide bonds. The monoisotopic (exact) mass is 312 g/mol. The van der Waals surface area contributed by atoms with Gasteiger partial charge in [0, 0.05) is 4.88 Å². The van der Waals surface area contributed by atoms with Crippen LogP contribution in [0.25, 0.3) is 0 Å². The van der Waals surface area contributed by atoms with Crippen LogP contribution >= 0.6 is 11.3 Å². The number of aromatic carboxylic acids is 1. The Balaban J connectivity index is 2.94. The van der Waals surface area contributed by atoms with Crippen molar-refractivity contribution in [3.8, 4) is 5.75 Å². The van der Waals surface area contributed by atoms with Gasteiger partial charge < -0.3 is 14.9 Å². The summed E-state index contributed by atoms with van der Waals surface area (Å²) in [6.45, 7) is 4.50. The summed E-state index contributed by atoms with van der Waals surface area (Å²) in [4.78, 5) is 11.5. The predicted molar refractivity (Wildman–Crippen MR) is 67.5 cm³/mol. The molecule has 0 radical (unpaired) electrons. The minimum atomic E-state index is -4.80. The van der Waals surface area contributed by atoms with Gasteiger partial charge in [-0.15, -0.1) is 11.3 Å². The number of ether oxygens (including phenoxy) is 1. The average Bonchev–Trinajstić information content (AvgIpc) is 2.67. The second-order valence-corrected chi connectivity index (χ2v) is 6.28. The van der Waals surface area contributed by atoms with E-state index in [4.69, 9.17) is 14.9 Å². The van der Waals surface area contributed by atoms with Crippen LogP contribution in [0.4, 0.5) is 13.2 Å². The highest BCUT2D eigenvalue weighted by molar-refractivity contribution is 7.14. The molecule has 0 spiro atoms. The lowest BCUT2D eigenvalue weighted by atomic mass is 9.95. The molecular weight excluding hydrogens is 297 g/mol. The van der Waals surface area contributed by atoms with E-state index in [1.165, 1.54) is 6.07 Å². The highest BCUT2D eigenvalue weighted by Gasteiger charge is 2.39. The van der Waals surface area contributed by atoms with Crippen LogP contribution in [0, 0.1) is 0 Å². The SMILES string of the molecule is CC(C)(C)c1cc(OCC(O)C(F)(F)F)c(C(=O)O)s1. The van der Waals surface area contributed by atoms with Crippen LogP contribution < -0.4 is 4.74 Å². The third-order valence-corrected chi connectivity index (χ3v) is 3.94. The number of halogens is 3. The molecule has 0 bridgehead atoms. The van der Waals surface area contributed by atoms with Gasteiger partial charge in [0.15, 0.2) is 11.0 Å². The number of rotatable bonds is 4. The molecule has 20 heavy (non-hydrogen) atoms. The molecule has 8 heteroatoms. The molecule has 0 aliphatic carbocycles. The van der Waals surface area contributed by atoms with Gasteiger partial charge in [-0.25, -0.2) is 4.79 Å². The van der Waals surface area contributed by atoms with E-state index >= 15 is 0 Å². The minimum Gasteiger partial charge on any atom is -0.489 e. The Morgan fingerprint density at radius 1 is 1.40 bits per heavy atom. The number of carboxylic acids is 1. The smallest absolute Gasteiger partial charge is 0.417 e. The molecular formula is C12H15F3O4S. The molecule has 1 atom stereocenters. The fraction of sp³-hybridized carbons (Fsp3) is 0.583. The highest BCUT2D eigenvalue weighted by atomic mass is 32.1. The lowest BCUT2D eigenvalue weighted by molar-refractivity contribution is -0.210. The van der Waals surface area contributed by atoms with Crippen molar-refractivity contribution in [2.45, 2.75) is 38.5 Å². The van der Waals surface area contributed by atoms with Crippen molar-refractivity contribution < 1.29 is 32.9 Å². The Kier molecular flexibility index (Phi) is 4.70. The number of carbonyl (C=O) groups is 1. The van der Waals surface area contributed by atoms with E-state index in [1.54, 1.807) is 0 Å². The van der Waals surface area contributed by atoms with Gasteiger partial charge in [-0.2, -0.15) is 13.2 Å². The molecule has 1 unspecified atom stereocenters. The number of carboxylic acid groups (broad SMARTS) is 1. The van der Waals surface area contributed by atoms with E-state index in [-0.39, 0.29) is 16.0 Å². The van der Waals surface area contributed by atoms with E-state index in [1.807, 2.05) is 20.8 Å². The zero-order valence-corrected chi connectivity index (χ0v) is 11.9. The number of hydrogen-bond acceptors (Lipinski definition) is 4. The molecule has 0 aromatic carbocycles. The zero-order valence-electron chi connectivity index (χ0n) is 11.1. The average molecular weight is 312 g/mol. The van der Waals surface area contributed by atoms with Crippen LogP contribution in [0.2, 0.25) is 0 Å². The lowest BCUT2D eigenvalue weighted by Crippen LogP contribution is -2.34. The van der Waals surface area contributed by atoms with E-state index in [0.29, 0.717) is 4.88 Å². The second-order valence-electron chi connectivity index (χ2n) is 5.23. The highest BCUT2D eigenvalue weighted by Crippen LogP contribution is 2.37. The molecule has 1 aromatic heterocycles. The Morgan fingerprint density at radius 2 is 1.95 bits per heavy atom. The van der Waals surface area contributed by atoms with Crippen LogP contribution in [-0.2, 0) is 5.41 Å². The van der Waals surface area contributed by atoms with Crippen LogP contribution in [0.3, 0.4) is 0 Å². The molecule has 0 aliphatic rings. The normalized spacial score (nSPS) is 14.2. The molecule has 114 valence electrons. The number of aliphatic hydroxyl groups excluding tert-OH is 1. The summed E-state index contributed by atoms with van der Waals surface area (Å²) in [6, 6.07) is 1.40. The van der Waals surface area contributed by atoms with Gasteiger partial charge in [0.2, 0.25) is 0 Å². The summed E-state index contributed by atoms with van der Waals surface area (Å²) in [5.74, 6) is -1.43. The molecule has 1 aromatic rings. The molecule has 4 nitrogen and oxygen atoms in total. The zero-order chi connectivity index (χ0) is 15.7. The first-order valence-electron chi connectivity index (χ1n) is 5.68. The Bertz CT molecular complexity index is 488. The van der Waals surface area contributed by atoms with E-state index in [9.17, 15) is 18.0 Å². The summed E-state index contributed by atoms with van der Waals surface area (Å²) in [6.07, 6.45) is -7.45. The Labute approximate surface area is 117 Å². The maximum atomic E-state index is 12.2. The predicted octanol–water partition coefficient (Wildman–Crippen LogP) is 3.05. The van der Waals surface area contributed by atoms with Gasteiger partial charge in [0.05, 0.1) is 0 Å². The van der Waals surface area contributed by atoms with E-state index in [2.05, 4.69) is 0 Å². The van der Waals surface area contributed by atoms with Crippen molar-refractivity contribution in [3.05, 3.63) is 15.8 Å². The van der Waals surface area contributed by atoms with Crippen LogP contribution in [0.15, 0.2) is 6.07 Å². The standard InChI is InChI=1S/C12H15F3O4S/c1-11(2,3)8-4-6(9(20-8)10(17)18)19-5-7(16)12(13,14)15/h4,7,16H,5H2,1-3H3,(H,17,18). The first kappa shape index (κ1) is 16.8. The number of alkyl halides is 3. The van der Waals surface area contributed by atoms with Gasteiger partial charge in [0.25, 0.3) is 0 Å². The Morgan fingerprint density at radius 3 is 2.35 bits per heavy atom. The maximum Gasteiger partial charge on any atom is 0.417 e. The lowest BCUT2D eigenvalue weighted by Gasteiger charge is -2.16. The number of thiophene rings is 1.